The second-order valence-electron chi connectivity index (χ2n) is 8.30. The first-order valence-corrected chi connectivity index (χ1v) is 12.6. The Morgan fingerprint density at radius 1 is 0.586 bits per heavy atom. The van der Waals surface area contributed by atoms with Crippen LogP contribution in [0.3, 0.4) is 0 Å². The average Bonchev–Trinajstić information content (AvgIpc) is 3.32. The van der Waals surface area contributed by atoms with Gasteiger partial charge in [-0.3, -0.25) is 0 Å². The van der Waals surface area contributed by atoms with Gasteiger partial charge < -0.3 is 0 Å². The number of hydrogen-bond acceptors (Lipinski definition) is 2. The largest absolute Gasteiger partial charge is 0.141 e. The molecule has 0 nitrogen and oxygen atoms in total. The Kier molecular flexibility index (Phi) is 5.32. The number of hydrogen-bond donors (Lipinski definition) is 0. The molecule has 0 aliphatic rings. The molecule has 148 valence electrons. The standard InChI is InChI=1S/C27H28S2/c1-3-4-5-6-7-8-9-19-17-25-23-11-10-22-20(21(23)13-15-27(25)29-19)12-14-26-24(22)16-18(2)28-26/h10-17H,3-9H2,1-2H3. The van der Waals surface area contributed by atoms with Crippen molar-refractivity contribution in [1.82, 2.24) is 0 Å². The third kappa shape index (κ3) is 3.58. The van der Waals surface area contributed by atoms with Crippen molar-refractivity contribution in [3.05, 3.63) is 58.3 Å². The topological polar surface area (TPSA) is 0 Å². The molecule has 5 aromatic rings. The summed E-state index contributed by atoms with van der Waals surface area (Å²) in [5.74, 6) is 0. The molecule has 0 bridgehead atoms. The second kappa shape index (κ2) is 8.08. The maximum atomic E-state index is 2.47. The van der Waals surface area contributed by atoms with Crippen LogP contribution in [-0.4, -0.2) is 0 Å². The summed E-state index contributed by atoms with van der Waals surface area (Å²) in [7, 11) is 0. The Morgan fingerprint density at radius 2 is 1.14 bits per heavy atom. The minimum absolute atomic E-state index is 1.23. The van der Waals surface area contributed by atoms with Crippen molar-refractivity contribution in [3.8, 4) is 0 Å². The summed E-state index contributed by atoms with van der Waals surface area (Å²) in [5, 5.41) is 8.43. The van der Waals surface area contributed by atoms with Crippen molar-refractivity contribution in [1.29, 1.82) is 0 Å². The molecule has 0 saturated heterocycles. The van der Waals surface area contributed by atoms with Gasteiger partial charge in [0.2, 0.25) is 0 Å². The minimum Gasteiger partial charge on any atom is -0.141 e. The molecule has 0 saturated carbocycles. The fourth-order valence-corrected chi connectivity index (χ4v) is 6.70. The molecule has 0 fully saturated rings. The van der Waals surface area contributed by atoms with Gasteiger partial charge in [-0.05, 0) is 65.6 Å². The van der Waals surface area contributed by atoms with E-state index in [0.29, 0.717) is 0 Å². The Hall–Kier alpha value is -1.90. The van der Waals surface area contributed by atoms with Gasteiger partial charge in [-0.15, -0.1) is 22.7 Å². The molecule has 0 spiro atoms. The summed E-state index contributed by atoms with van der Waals surface area (Å²) in [4.78, 5) is 2.94. The van der Waals surface area contributed by atoms with Crippen molar-refractivity contribution in [2.75, 3.05) is 0 Å². The van der Waals surface area contributed by atoms with E-state index in [1.54, 1.807) is 4.88 Å². The maximum Gasteiger partial charge on any atom is 0.0352 e. The van der Waals surface area contributed by atoms with Crippen LogP contribution < -0.4 is 0 Å². The van der Waals surface area contributed by atoms with Gasteiger partial charge in [0.05, 0.1) is 0 Å². The van der Waals surface area contributed by atoms with Gasteiger partial charge in [-0.1, -0.05) is 63.3 Å². The zero-order chi connectivity index (χ0) is 19.8. The van der Waals surface area contributed by atoms with Gasteiger partial charge in [0.1, 0.15) is 0 Å². The molecule has 29 heavy (non-hydrogen) atoms. The van der Waals surface area contributed by atoms with Crippen molar-refractivity contribution < 1.29 is 0 Å². The predicted octanol–water partition coefficient (Wildman–Crippen LogP) is 9.63. The zero-order valence-corrected chi connectivity index (χ0v) is 19.0. The SMILES string of the molecule is CCCCCCCCc1cc2c(ccc3c2ccc2c4cc(C)sc4ccc23)s1. The smallest absolute Gasteiger partial charge is 0.0352 e. The molecule has 3 aromatic carbocycles. The molecular weight excluding hydrogens is 388 g/mol. The number of unbranched alkanes of at least 4 members (excludes halogenated alkanes) is 5. The molecule has 0 aliphatic carbocycles. The van der Waals surface area contributed by atoms with E-state index in [1.165, 1.54) is 91.5 Å². The van der Waals surface area contributed by atoms with E-state index in [9.17, 15) is 0 Å². The number of benzene rings is 3. The van der Waals surface area contributed by atoms with E-state index >= 15 is 0 Å². The van der Waals surface area contributed by atoms with Crippen LogP contribution in [0.25, 0.3) is 41.7 Å². The Labute approximate surface area is 181 Å². The van der Waals surface area contributed by atoms with Crippen LogP contribution in [0.15, 0.2) is 48.5 Å². The van der Waals surface area contributed by atoms with Crippen LogP contribution in [0.1, 0.15) is 55.2 Å². The van der Waals surface area contributed by atoms with E-state index < -0.39 is 0 Å². The van der Waals surface area contributed by atoms with E-state index in [0.717, 1.165) is 0 Å². The van der Waals surface area contributed by atoms with Crippen molar-refractivity contribution >= 4 is 64.4 Å². The van der Waals surface area contributed by atoms with Crippen LogP contribution in [-0.2, 0) is 6.42 Å². The van der Waals surface area contributed by atoms with Gasteiger partial charge in [0.15, 0.2) is 0 Å². The second-order valence-corrected chi connectivity index (χ2v) is 10.8. The molecule has 0 amide bonds. The first-order valence-electron chi connectivity index (χ1n) is 11.0. The monoisotopic (exact) mass is 416 g/mol. The van der Waals surface area contributed by atoms with E-state index in [-0.39, 0.29) is 0 Å². The fraction of sp³-hybridized carbons (Fsp3) is 0.333. The highest BCUT2D eigenvalue weighted by Crippen LogP contribution is 2.39. The number of rotatable bonds is 7. The van der Waals surface area contributed by atoms with Crippen LogP contribution in [0.2, 0.25) is 0 Å². The number of aryl methyl sites for hydroxylation is 2. The highest BCUT2D eigenvalue weighted by atomic mass is 32.1. The maximum absolute atomic E-state index is 2.47. The summed E-state index contributed by atoms with van der Waals surface area (Å²) in [6.07, 6.45) is 9.44. The lowest BCUT2D eigenvalue weighted by Crippen LogP contribution is -1.82. The summed E-state index contributed by atoms with van der Waals surface area (Å²) in [6.45, 7) is 4.49. The Morgan fingerprint density at radius 3 is 1.86 bits per heavy atom. The number of thiophene rings is 2. The number of fused-ring (bicyclic) bond motifs is 7. The van der Waals surface area contributed by atoms with Crippen molar-refractivity contribution in [2.45, 2.75) is 58.8 Å². The zero-order valence-electron chi connectivity index (χ0n) is 17.4. The highest BCUT2D eigenvalue weighted by molar-refractivity contribution is 7.19. The average molecular weight is 417 g/mol. The van der Waals surface area contributed by atoms with Crippen LogP contribution in [0, 0.1) is 6.92 Å². The molecule has 0 radical (unpaired) electrons. The Bertz CT molecular complexity index is 1300. The first kappa shape index (κ1) is 19.1. The molecule has 0 atom stereocenters. The van der Waals surface area contributed by atoms with E-state index in [1.807, 2.05) is 22.7 Å². The van der Waals surface area contributed by atoms with Crippen molar-refractivity contribution in [2.24, 2.45) is 0 Å². The first-order chi connectivity index (χ1) is 14.2. The van der Waals surface area contributed by atoms with Gasteiger partial charge in [-0.25, -0.2) is 0 Å². The lowest BCUT2D eigenvalue weighted by atomic mass is 9.98. The summed E-state index contributed by atoms with van der Waals surface area (Å²) < 4.78 is 2.83. The van der Waals surface area contributed by atoms with Crippen LogP contribution in [0.5, 0.6) is 0 Å². The summed E-state index contributed by atoms with van der Waals surface area (Å²) in [5.41, 5.74) is 0. The molecule has 2 aromatic heterocycles. The molecule has 0 N–H and O–H groups in total. The van der Waals surface area contributed by atoms with Crippen molar-refractivity contribution in [3.63, 3.8) is 0 Å². The lowest BCUT2D eigenvalue weighted by Gasteiger charge is -2.06. The quantitative estimate of drug-likeness (QED) is 0.183. The van der Waals surface area contributed by atoms with Crippen LogP contribution in [0.4, 0.5) is 0 Å². The van der Waals surface area contributed by atoms with Gasteiger partial charge in [-0.2, -0.15) is 0 Å². The normalized spacial score (nSPS) is 12.1. The molecule has 2 heteroatoms. The Balaban J connectivity index is 1.50. The van der Waals surface area contributed by atoms with Gasteiger partial charge >= 0.3 is 0 Å². The highest BCUT2D eigenvalue weighted by Gasteiger charge is 2.11. The van der Waals surface area contributed by atoms with E-state index in [4.69, 9.17) is 0 Å². The minimum atomic E-state index is 1.23. The molecule has 2 heterocycles. The van der Waals surface area contributed by atoms with Crippen LogP contribution >= 0.6 is 22.7 Å². The fourth-order valence-electron chi connectivity index (χ4n) is 4.64. The van der Waals surface area contributed by atoms with Gasteiger partial charge in [0, 0.05) is 29.9 Å². The molecular formula is C27H28S2. The summed E-state index contributed by atoms with van der Waals surface area (Å²) in [6, 6.07) is 18.8. The molecule has 5 rings (SSSR count). The lowest BCUT2D eigenvalue weighted by molar-refractivity contribution is 0.609. The third-order valence-corrected chi connectivity index (χ3v) is 8.32. The molecule has 0 aliphatic heterocycles. The van der Waals surface area contributed by atoms with E-state index in [2.05, 4.69) is 62.4 Å². The summed E-state index contributed by atoms with van der Waals surface area (Å²) >= 11 is 3.89. The van der Waals surface area contributed by atoms with Gasteiger partial charge in [0.25, 0.3) is 0 Å². The predicted molar refractivity (Wildman–Crippen MR) is 134 cm³/mol. The third-order valence-electron chi connectivity index (χ3n) is 6.14. The molecule has 0 unspecified atom stereocenters.